The third kappa shape index (κ3) is 14.6. The van der Waals surface area contributed by atoms with Crippen LogP contribution in [0.2, 0.25) is 0 Å². The van der Waals surface area contributed by atoms with Gasteiger partial charge in [-0.3, -0.25) is 19.3 Å². The van der Waals surface area contributed by atoms with Gasteiger partial charge in [0.25, 0.3) is 0 Å². The smallest absolute Gasteiger partial charge is 0.304 e. The van der Waals surface area contributed by atoms with Gasteiger partial charge in [-0.05, 0) is 31.7 Å². The topological polar surface area (TPSA) is 108 Å². The first-order chi connectivity index (χ1) is 16.3. The third-order valence-electron chi connectivity index (χ3n) is 6.34. The number of carbonyl (C=O) groups excluding carboxylic acids is 2. The zero-order valence-corrected chi connectivity index (χ0v) is 21.8. The largest absolute Gasteiger partial charge is 0.481 e. The summed E-state index contributed by atoms with van der Waals surface area (Å²) in [5.74, 6) is -1.85. The van der Waals surface area contributed by atoms with Gasteiger partial charge in [-0.15, -0.1) is 0 Å². The lowest BCUT2D eigenvalue weighted by atomic mass is 9.95. The van der Waals surface area contributed by atoms with Crippen LogP contribution in [0.25, 0.3) is 0 Å². The molecule has 0 aromatic heterocycles. The van der Waals surface area contributed by atoms with E-state index in [1.165, 1.54) is 25.7 Å². The molecule has 8 heteroatoms. The number of rotatable bonds is 19. The number of nitrogens with zero attached hydrogens (tertiary/aromatic N) is 1. The normalized spacial score (nSPS) is 16.2. The fraction of sp³-hybridized carbons (Fsp3) is 0.885. The van der Waals surface area contributed by atoms with Crippen LogP contribution in [0.15, 0.2) is 0 Å². The van der Waals surface area contributed by atoms with Crippen LogP contribution in [0, 0.1) is 11.8 Å². The first-order valence-electron chi connectivity index (χ1n) is 13.4. The van der Waals surface area contributed by atoms with Gasteiger partial charge in [-0.2, -0.15) is 0 Å². The van der Waals surface area contributed by atoms with Gasteiger partial charge in [0, 0.05) is 25.6 Å². The molecule has 1 fully saturated rings. The summed E-state index contributed by atoms with van der Waals surface area (Å²) < 4.78 is 5.36. The highest BCUT2D eigenvalue weighted by molar-refractivity contribution is 5.89. The monoisotopic (exact) mass is 483 g/mol. The fourth-order valence-corrected chi connectivity index (χ4v) is 4.34. The summed E-state index contributed by atoms with van der Waals surface area (Å²) in [4.78, 5) is 39.4. The lowest BCUT2D eigenvalue weighted by molar-refractivity contribution is -0.141. The Morgan fingerprint density at radius 3 is 2.21 bits per heavy atom. The van der Waals surface area contributed by atoms with E-state index in [1.54, 1.807) is 0 Å². The average molecular weight is 484 g/mol. The van der Waals surface area contributed by atoms with Gasteiger partial charge in [0.15, 0.2) is 0 Å². The second kappa shape index (κ2) is 18.6. The summed E-state index contributed by atoms with van der Waals surface area (Å²) in [7, 11) is 0. The molecular weight excluding hydrogens is 434 g/mol. The van der Waals surface area contributed by atoms with Crippen molar-refractivity contribution in [1.29, 1.82) is 0 Å². The van der Waals surface area contributed by atoms with E-state index in [9.17, 15) is 19.5 Å². The van der Waals surface area contributed by atoms with E-state index in [4.69, 9.17) is 4.74 Å². The van der Waals surface area contributed by atoms with Crippen molar-refractivity contribution in [1.82, 2.24) is 15.5 Å². The molecule has 0 aromatic carbocycles. The lowest BCUT2D eigenvalue weighted by Gasteiger charge is -2.27. The molecule has 0 radical (unpaired) electrons. The van der Waals surface area contributed by atoms with E-state index >= 15 is 0 Å². The number of carboxylic acid groups (broad SMARTS) is 1. The number of carboxylic acids is 1. The number of hydrogen-bond acceptors (Lipinski definition) is 5. The highest BCUT2D eigenvalue weighted by Crippen LogP contribution is 2.17. The second-order valence-corrected chi connectivity index (χ2v) is 9.99. The Kier molecular flexibility index (Phi) is 16.6. The number of morpholine rings is 1. The zero-order valence-electron chi connectivity index (χ0n) is 21.8. The summed E-state index contributed by atoms with van der Waals surface area (Å²) in [6.45, 7) is 11.0. The molecule has 2 amide bonds. The Bertz CT molecular complexity index is 579. The molecule has 0 bridgehead atoms. The Morgan fingerprint density at radius 2 is 1.59 bits per heavy atom. The van der Waals surface area contributed by atoms with E-state index in [1.807, 2.05) is 13.8 Å². The third-order valence-corrected chi connectivity index (χ3v) is 6.34. The molecule has 1 aliphatic heterocycles. The number of hydrogen-bond donors (Lipinski definition) is 3. The molecule has 0 spiro atoms. The Balaban J connectivity index is 2.50. The predicted molar refractivity (Wildman–Crippen MR) is 135 cm³/mol. The number of ether oxygens (including phenoxy) is 1. The Labute approximate surface area is 206 Å². The van der Waals surface area contributed by atoms with E-state index < -0.39 is 17.9 Å². The van der Waals surface area contributed by atoms with Gasteiger partial charge in [-0.1, -0.05) is 65.7 Å². The number of amides is 2. The van der Waals surface area contributed by atoms with Crippen molar-refractivity contribution in [2.75, 3.05) is 39.4 Å². The van der Waals surface area contributed by atoms with Crippen LogP contribution < -0.4 is 10.6 Å². The second-order valence-electron chi connectivity index (χ2n) is 9.99. The molecule has 1 heterocycles. The van der Waals surface area contributed by atoms with Crippen molar-refractivity contribution in [2.45, 2.75) is 97.4 Å². The quantitative estimate of drug-likeness (QED) is 0.242. The van der Waals surface area contributed by atoms with Gasteiger partial charge in [0.2, 0.25) is 11.8 Å². The molecule has 0 saturated carbocycles. The van der Waals surface area contributed by atoms with Crippen molar-refractivity contribution in [3.63, 3.8) is 0 Å². The van der Waals surface area contributed by atoms with Crippen molar-refractivity contribution >= 4 is 17.8 Å². The molecule has 1 aliphatic rings. The fourth-order valence-electron chi connectivity index (χ4n) is 4.34. The number of carbonyl (C=O) groups is 3. The van der Waals surface area contributed by atoms with E-state index in [2.05, 4.69) is 22.5 Å². The number of aliphatic carboxylic acids is 1. The van der Waals surface area contributed by atoms with Gasteiger partial charge in [0.05, 0.1) is 19.6 Å². The lowest BCUT2D eigenvalue weighted by Crippen LogP contribution is -2.49. The molecule has 3 N–H and O–H groups in total. The SMILES string of the molecule is CCCCCCCCC[C@@H](CC(=O)O)C(=O)N[C@H](CC(C)C)C(=O)NCCCN1CCOCC1. The minimum Gasteiger partial charge on any atom is -0.481 e. The van der Waals surface area contributed by atoms with Gasteiger partial charge in [-0.25, -0.2) is 0 Å². The molecule has 0 aliphatic carbocycles. The average Bonchev–Trinajstić information content (AvgIpc) is 2.80. The molecular formula is C26H49N3O5. The van der Waals surface area contributed by atoms with Crippen LogP contribution in [0.4, 0.5) is 0 Å². The predicted octanol–water partition coefficient (Wildman–Crippen LogP) is 3.59. The summed E-state index contributed by atoms with van der Waals surface area (Å²) in [5, 5.41) is 15.1. The number of nitrogens with one attached hydrogen (secondary N) is 2. The minimum absolute atomic E-state index is 0.186. The van der Waals surface area contributed by atoms with Crippen LogP contribution in [-0.4, -0.2) is 73.2 Å². The number of unbranched alkanes of at least 4 members (excludes halogenated alkanes) is 6. The van der Waals surface area contributed by atoms with Crippen LogP contribution in [-0.2, 0) is 19.1 Å². The van der Waals surface area contributed by atoms with Gasteiger partial charge in [0.1, 0.15) is 6.04 Å². The van der Waals surface area contributed by atoms with Crippen LogP contribution >= 0.6 is 0 Å². The molecule has 0 aromatic rings. The first-order valence-corrected chi connectivity index (χ1v) is 13.4. The van der Waals surface area contributed by atoms with Crippen molar-refractivity contribution in [2.24, 2.45) is 11.8 Å². The van der Waals surface area contributed by atoms with Crippen LogP contribution in [0.3, 0.4) is 0 Å². The zero-order chi connectivity index (χ0) is 25.2. The van der Waals surface area contributed by atoms with E-state index in [-0.39, 0.29) is 24.2 Å². The summed E-state index contributed by atoms with van der Waals surface area (Å²) in [5.41, 5.74) is 0. The van der Waals surface area contributed by atoms with Crippen molar-refractivity contribution in [3.05, 3.63) is 0 Å². The first kappa shape index (κ1) is 30.4. The van der Waals surface area contributed by atoms with Crippen LogP contribution in [0.5, 0.6) is 0 Å². The van der Waals surface area contributed by atoms with Crippen molar-refractivity contribution < 1.29 is 24.2 Å². The molecule has 1 rings (SSSR count). The van der Waals surface area contributed by atoms with Gasteiger partial charge >= 0.3 is 5.97 Å². The Hall–Kier alpha value is -1.67. The molecule has 8 nitrogen and oxygen atoms in total. The summed E-state index contributed by atoms with van der Waals surface area (Å²) in [6.07, 6.45) is 9.54. The van der Waals surface area contributed by atoms with E-state index in [0.717, 1.165) is 58.5 Å². The highest BCUT2D eigenvalue weighted by Gasteiger charge is 2.27. The van der Waals surface area contributed by atoms with Crippen molar-refractivity contribution in [3.8, 4) is 0 Å². The molecule has 2 atom stereocenters. The van der Waals surface area contributed by atoms with E-state index in [0.29, 0.717) is 19.4 Å². The molecule has 0 unspecified atom stereocenters. The van der Waals surface area contributed by atoms with Crippen LogP contribution in [0.1, 0.15) is 91.4 Å². The molecule has 1 saturated heterocycles. The summed E-state index contributed by atoms with van der Waals surface area (Å²) >= 11 is 0. The molecule has 198 valence electrons. The van der Waals surface area contributed by atoms with Gasteiger partial charge < -0.3 is 20.5 Å². The maximum Gasteiger partial charge on any atom is 0.304 e. The Morgan fingerprint density at radius 1 is 0.941 bits per heavy atom. The molecule has 34 heavy (non-hydrogen) atoms. The highest BCUT2D eigenvalue weighted by atomic mass is 16.5. The minimum atomic E-state index is -0.976. The standard InChI is InChI=1S/C26H49N3O5/c1-4-5-6-7-8-9-10-12-22(20-24(30)31)25(32)28-23(19-21(2)3)26(33)27-13-11-14-29-15-17-34-18-16-29/h21-23H,4-20H2,1-3H3,(H,27,33)(H,28,32)(H,30,31)/t22-,23+/m0/s1. The summed E-state index contributed by atoms with van der Waals surface area (Å²) in [6, 6.07) is -0.638. The maximum atomic E-state index is 12.9. The maximum absolute atomic E-state index is 12.9.